The normalized spacial score (nSPS) is 36.0. The van der Waals surface area contributed by atoms with E-state index in [0.717, 1.165) is 37.0 Å². The van der Waals surface area contributed by atoms with E-state index in [2.05, 4.69) is 39.5 Å². The average molecular weight is 431 g/mol. The number of rotatable bonds is 9. The fourth-order valence-corrected chi connectivity index (χ4v) is 6.94. The van der Waals surface area contributed by atoms with Crippen molar-refractivity contribution in [3.63, 3.8) is 0 Å². The van der Waals surface area contributed by atoms with Gasteiger partial charge in [-0.15, -0.1) is 0 Å². The Morgan fingerprint density at radius 1 is 1.16 bits per heavy atom. The van der Waals surface area contributed by atoms with Crippen molar-refractivity contribution in [3.05, 3.63) is 35.5 Å². The summed E-state index contributed by atoms with van der Waals surface area (Å²) >= 11 is 0. The lowest BCUT2D eigenvalue weighted by molar-refractivity contribution is -0.0167. The summed E-state index contributed by atoms with van der Waals surface area (Å²) in [7, 11) is 0. The monoisotopic (exact) mass is 430 g/mol. The fourth-order valence-electron chi connectivity index (χ4n) is 6.94. The Balaban J connectivity index is 1.60. The molecule has 3 aliphatic rings. The molecule has 0 aromatic rings. The van der Waals surface area contributed by atoms with Crippen molar-refractivity contribution >= 4 is 0 Å². The minimum Gasteiger partial charge on any atom is -0.393 e. The van der Waals surface area contributed by atoms with E-state index in [4.69, 9.17) is 9.84 Å². The molecule has 3 fully saturated rings. The Bertz CT molecular complexity index is 663. The number of fused-ring (bicyclic) bond motifs is 1. The summed E-state index contributed by atoms with van der Waals surface area (Å²) in [4.78, 5) is 0. The molecule has 0 aliphatic heterocycles. The highest BCUT2D eigenvalue weighted by Gasteiger charge is 2.50. The zero-order valence-corrected chi connectivity index (χ0v) is 20.2. The highest BCUT2D eigenvalue weighted by Crippen LogP contribution is 2.59. The highest BCUT2D eigenvalue weighted by molar-refractivity contribution is 5.36. The number of aliphatic hydroxyl groups excluding tert-OH is 2. The molecule has 3 aliphatic carbocycles. The van der Waals surface area contributed by atoms with E-state index in [9.17, 15) is 5.11 Å². The molecule has 0 aromatic carbocycles. The number of hydrogen-bond acceptors (Lipinski definition) is 3. The average Bonchev–Trinajstić information content (AvgIpc) is 3.10. The van der Waals surface area contributed by atoms with Crippen molar-refractivity contribution in [2.45, 2.75) is 97.5 Å². The van der Waals surface area contributed by atoms with Crippen molar-refractivity contribution in [2.75, 3.05) is 13.4 Å². The van der Waals surface area contributed by atoms with Gasteiger partial charge in [0, 0.05) is 0 Å². The highest BCUT2D eigenvalue weighted by atomic mass is 16.6. The third kappa shape index (κ3) is 6.12. The van der Waals surface area contributed by atoms with Crippen molar-refractivity contribution < 1.29 is 14.9 Å². The summed E-state index contributed by atoms with van der Waals surface area (Å²) in [5.74, 6) is 2.84. The van der Waals surface area contributed by atoms with Gasteiger partial charge < -0.3 is 14.9 Å². The lowest BCUT2D eigenvalue weighted by atomic mass is 9.60. The summed E-state index contributed by atoms with van der Waals surface area (Å²) < 4.78 is 5.16. The number of allylic oxidation sites excluding steroid dienone is 4. The second kappa shape index (κ2) is 11.3. The molecule has 0 bridgehead atoms. The molecular formula is C28H46O3. The van der Waals surface area contributed by atoms with E-state index in [0.29, 0.717) is 17.9 Å². The SMILES string of the molecule is C=C1CC[C@H](O)C/C1=C/C=C1CCC[C@@]2(C)C1CC[C@@H]2[C@H](C)CCCC(C)COCO. The smallest absolute Gasteiger partial charge is 0.143 e. The van der Waals surface area contributed by atoms with Gasteiger partial charge in [0.15, 0.2) is 0 Å². The Hall–Kier alpha value is -0.900. The summed E-state index contributed by atoms with van der Waals surface area (Å²) in [5, 5.41) is 18.9. The quantitative estimate of drug-likeness (QED) is 0.407. The van der Waals surface area contributed by atoms with Crippen molar-refractivity contribution in [1.29, 1.82) is 0 Å². The maximum Gasteiger partial charge on any atom is 0.143 e. The van der Waals surface area contributed by atoms with E-state index in [1.165, 1.54) is 62.5 Å². The summed E-state index contributed by atoms with van der Waals surface area (Å²) in [6.45, 7) is 12.0. The van der Waals surface area contributed by atoms with Gasteiger partial charge in [-0.3, -0.25) is 0 Å². The van der Waals surface area contributed by atoms with Gasteiger partial charge in [-0.25, -0.2) is 0 Å². The molecule has 2 N–H and O–H groups in total. The molecule has 3 heteroatoms. The Morgan fingerprint density at radius 3 is 2.74 bits per heavy atom. The van der Waals surface area contributed by atoms with Crippen LogP contribution in [0.5, 0.6) is 0 Å². The molecule has 6 atom stereocenters. The molecule has 3 nitrogen and oxygen atoms in total. The largest absolute Gasteiger partial charge is 0.393 e. The maximum atomic E-state index is 10.0. The zero-order chi connectivity index (χ0) is 22.4. The lowest BCUT2D eigenvalue weighted by Gasteiger charge is -2.44. The van der Waals surface area contributed by atoms with Gasteiger partial charge in [-0.2, -0.15) is 0 Å². The van der Waals surface area contributed by atoms with Crippen LogP contribution < -0.4 is 0 Å². The van der Waals surface area contributed by atoms with Crippen LogP contribution in [-0.2, 0) is 4.74 Å². The second-order valence-electron chi connectivity index (χ2n) is 11.0. The minimum atomic E-state index is -0.193. The minimum absolute atomic E-state index is 0.163. The Morgan fingerprint density at radius 2 is 1.97 bits per heavy atom. The standard InChI is InChI=1S/C28H46O3/c1-20(18-31-19-29)7-5-8-22(3)26-14-15-27-23(9-6-16-28(26,27)4)11-12-24-17-25(30)13-10-21(24)2/h11-12,20,22,25-27,29-30H,2,5-10,13-19H2,1,3-4H3/b23-11?,24-12-/t20?,22-,25+,26-,27?,28-/m1/s1. The molecule has 0 saturated heterocycles. The molecule has 0 spiro atoms. The van der Waals surface area contributed by atoms with E-state index in [-0.39, 0.29) is 12.9 Å². The first-order chi connectivity index (χ1) is 14.8. The van der Waals surface area contributed by atoms with Crippen molar-refractivity contribution in [3.8, 4) is 0 Å². The van der Waals surface area contributed by atoms with Gasteiger partial charge in [-0.05, 0) is 92.4 Å². The lowest BCUT2D eigenvalue weighted by Crippen LogP contribution is -2.36. The molecule has 176 valence electrons. The van der Waals surface area contributed by atoms with Crippen LogP contribution in [0, 0.1) is 29.1 Å². The summed E-state index contributed by atoms with van der Waals surface area (Å²) in [5.41, 5.74) is 4.58. The third-order valence-corrected chi connectivity index (χ3v) is 8.76. The topological polar surface area (TPSA) is 49.7 Å². The van der Waals surface area contributed by atoms with Crippen LogP contribution in [0.25, 0.3) is 0 Å². The van der Waals surface area contributed by atoms with Gasteiger partial charge in [0.25, 0.3) is 0 Å². The summed E-state index contributed by atoms with van der Waals surface area (Å²) in [6, 6.07) is 0. The Labute approximate surface area is 190 Å². The van der Waals surface area contributed by atoms with Crippen LogP contribution in [0.4, 0.5) is 0 Å². The first kappa shape index (κ1) is 24.7. The van der Waals surface area contributed by atoms with Crippen molar-refractivity contribution in [1.82, 2.24) is 0 Å². The van der Waals surface area contributed by atoms with Gasteiger partial charge in [0.05, 0.1) is 12.7 Å². The zero-order valence-electron chi connectivity index (χ0n) is 20.2. The molecule has 0 radical (unpaired) electrons. The van der Waals surface area contributed by atoms with Crippen LogP contribution in [0.15, 0.2) is 35.5 Å². The van der Waals surface area contributed by atoms with E-state index < -0.39 is 0 Å². The Kier molecular flexibility index (Phi) is 9.01. The summed E-state index contributed by atoms with van der Waals surface area (Å²) in [6.07, 6.45) is 17.4. The molecule has 3 saturated carbocycles. The third-order valence-electron chi connectivity index (χ3n) is 8.76. The van der Waals surface area contributed by atoms with Gasteiger partial charge >= 0.3 is 0 Å². The molecule has 0 amide bonds. The van der Waals surface area contributed by atoms with Gasteiger partial charge in [0.2, 0.25) is 0 Å². The predicted molar refractivity (Wildman–Crippen MR) is 129 cm³/mol. The number of hydrogen-bond donors (Lipinski definition) is 2. The number of ether oxygens (including phenoxy) is 1. The second-order valence-corrected chi connectivity index (χ2v) is 11.0. The predicted octanol–water partition coefficient (Wildman–Crippen LogP) is 6.57. The van der Waals surface area contributed by atoms with Crippen LogP contribution in [0.2, 0.25) is 0 Å². The van der Waals surface area contributed by atoms with Crippen LogP contribution in [0.1, 0.15) is 91.4 Å². The van der Waals surface area contributed by atoms with Crippen LogP contribution in [-0.4, -0.2) is 29.7 Å². The van der Waals surface area contributed by atoms with Crippen LogP contribution in [0.3, 0.4) is 0 Å². The molecule has 31 heavy (non-hydrogen) atoms. The maximum absolute atomic E-state index is 10.0. The molecule has 0 heterocycles. The van der Waals surface area contributed by atoms with Crippen LogP contribution >= 0.6 is 0 Å². The molecule has 3 rings (SSSR count). The fraction of sp³-hybridized carbons (Fsp3) is 0.786. The molecule has 0 aromatic heterocycles. The first-order valence-electron chi connectivity index (χ1n) is 12.8. The van der Waals surface area contributed by atoms with Crippen molar-refractivity contribution in [2.24, 2.45) is 29.1 Å². The van der Waals surface area contributed by atoms with E-state index >= 15 is 0 Å². The van der Waals surface area contributed by atoms with Gasteiger partial charge in [0.1, 0.15) is 6.79 Å². The molecular weight excluding hydrogens is 384 g/mol. The van der Waals surface area contributed by atoms with E-state index in [1.54, 1.807) is 5.57 Å². The molecule has 2 unspecified atom stereocenters. The first-order valence-corrected chi connectivity index (χ1v) is 12.8. The van der Waals surface area contributed by atoms with E-state index in [1.807, 2.05) is 0 Å². The van der Waals surface area contributed by atoms with Gasteiger partial charge in [-0.1, -0.05) is 63.5 Å². The number of aliphatic hydroxyl groups is 2.